The maximum absolute atomic E-state index is 13.1. The Labute approximate surface area is 939 Å². The molecule has 4 aliphatic heterocycles. The summed E-state index contributed by atoms with van der Waals surface area (Å²) in [6, 6.07) is 56.7. The monoisotopic (exact) mass is 2290 g/mol. The molecule has 45 heteroatoms. The van der Waals surface area contributed by atoms with Crippen LogP contribution in [0.25, 0.3) is 0 Å². The number of nitrogens with zero attached hydrogens (tertiary/aromatic N) is 12. The van der Waals surface area contributed by atoms with Crippen LogP contribution in [0.15, 0.2) is 212 Å². The van der Waals surface area contributed by atoms with Crippen molar-refractivity contribution in [2.24, 2.45) is 5.73 Å². The number of nitro benzene ring substituents is 3. The minimum absolute atomic E-state index is 0. The molecule has 4 heterocycles. The number of carbonyl (C=O) groups excluding carboxylic acids is 5. The number of hydrogen-bond donors (Lipinski definition) is 7. The zero-order valence-electron chi connectivity index (χ0n) is 83.9. The Kier molecular flexibility index (Phi) is 69.4. The third-order valence-corrected chi connectivity index (χ3v) is 22.4. The molecule has 0 saturated carbocycles. The van der Waals surface area contributed by atoms with E-state index in [1.54, 1.807) is 135 Å². The fraction of sp³-hybridized carbons (Fsp3) is 0.371. The number of benzene rings is 10. The second-order valence-electron chi connectivity index (χ2n) is 33.8. The van der Waals surface area contributed by atoms with Crippen molar-refractivity contribution < 1.29 is 158 Å². The first-order valence-corrected chi connectivity index (χ1v) is 53.2. The van der Waals surface area contributed by atoms with Crippen LogP contribution in [0.3, 0.4) is 0 Å². The molecule has 10 aromatic carbocycles. The molecule has 0 aliphatic carbocycles. The van der Waals surface area contributed by atoms with Gasteiger partial charge in [0.25, 0.3) is 17.7 Å². The van der Waals surface area contributed by atoms with E-state index in [0.29, 0.717) is 87.2 Å². The second kappa shape index (κ2) is 74.2. The maximum atomic E-state index is 13.1. The van der Waals surface area contributed by atoms with Gasteiger partial charge in [0.15, 0.2) is 37.1 Å². The molecule has 10 aromatic rings. The molecule has 6 amide bonds. The molecule has 2 radical (unpaired) electrons. The predicted octanol–water partition coefficient (Wildman–Crippen LogP) is 12.8. The van der Waals surface area contributed by atoms with Crippen molar-refractivity contribution in [2.45, 2.75) is 149 Å². The number of nitro groups is 3. The molecule has 36 nitrogen and oxygen atoms in total. The number of primary amides is 1. The molecule has 4 saturated heterocycles. The molecule has 14 rings (SSSR count). The Hall–Kier alpha value is -11.8. The summed E-state index contributed by atoms with van der Waals surface area (Å²) in [5.41, 5.74) is 21.1. The summed E-state index contributed by atoms with van der Waals surface area (Å²) < 4.78 is 68.8. The van der Waals surface area contributed by atoms with Gasteiger partial charge in [-0.25, -0.2) is 27.6 Å². The van der Waals surface area contributed by atoms with Gasteiger partial charge in [-0.1, -0.05) is 119 Å². The first kappa shape index (κ1) is 140. The number of anilines is 2. The number of hydrogen-bond acceptors (Lipinski definition) is 25. The van der Waals surface area contributed by atoms with E-state index < -0.39 is 39.7 Å². The number of amides is 6. The van der Waals surface area contributed by atoms with Crippen LogP contribution in [0, 0.1) is 107 Å². The maximum Gasteiger partial charge on any atom is 1.00 e. The number of nitriles is 1. The second-order valence-corrected chi connectivity index (χ2v) is 38.3. The Balaban J connectivity index is 0. The normalized spacial score (nSPS) is 14.7. The molecule has 13 N–H and O–H groups in total. The zero-order chi connectivity index (χ0) is 107. The third kappa shape index (κ3) is 51.3. The zero-order valence-corrected chi connectivity index (χ0v) is 92.2. The van der Waals surface area contributed by atoms with Crippen molar-refractivity contribution in [3.8, 4) is 40.8 Å². The van der Waals surface area contributed by atoms with Crippen LogP contribution in [-0.2, 0) is 45.4 Å². The van der Waals surface area contributed by atoms with Gasteiger partial charge in [0.2, 0.25) is 5.91 Å². The van der Waals surface area contributed by atoms with Crippen molar-refractivity contribution in [2.75, 3.05) is 122 Å². The number of urea groups is 1. The van der Waals surface area contributed by atoms with Crippen molar-refractivity contribution in [1.29, 1.82) is 5.26 Å². The van der Waals surface area contributed by atoms with Crippen LogP contribution in [0.2, 0.25) is 0 Å². The summed E-state index contributed by atoms with van der Waals surface area (Å²) in [6.07, 6.45) is 0.500. The number of phenolic OH excluding ortho intramolecular Hbond substituents is 3. The summed E-state index contributed by atoms with van der Waals surface area (Å²) in [5.74, 6) is -0.478. The van der Waals surface area contributed by atoms with E-state index >= 15 is 0 Å². The fourth-order valence-corrected chi connectivity index (χ4v) is 15.3. The number of aliphatic hydroxyl groups excluding tert-OH is 1. The van der Waals surface area contributed by atoms with Crippen LogP contribution < -0.4 is 87.5 Å². The molecule has 814 valence electrons. The van der Waals surface area contributed by atoms with Crippen molar-refractivity contribution in [1.82, 2.24) is 39.2 Å². The molecule has 4 aliphatic rings. The van der Waals surface area contributed by atoms with Gasteiger partial charge in [0, 0.05) is 160 Å². The van der Waals surface area contributed by atoms with E-state index in [9.17, 15) is 71.9 Å². The van der Waals surface area contributed by atoms with Gasteiger partial charge >= 0.3 is 111 Å². The van der Waals surface area contributed by atoms with Gasteiger partial charge in [0.1, 0.15) is 46.4 Å². The Bertz CT molecular complexity index is 5720. The smallest absolute Gasteiger partial charge is 1.00 e. The topological polar surface area (TPSA) is 523 Å². The van der Waals surface area contributed by atoms with Crippen LogP contribution in [0.4, 0.5) is 50.8 Å². The summed E-state index contributed by atoms with van der Waals surface area (Å²) in [6.45, 7) is 32.1. The number of nitrogen functional groups attached to an aromatic ring is 1. The molecule has 150 heavy (non-hydrogen) atoms. The quantitative estimate of drug-likeness (QED) is 0.00630. The first-order chi connectivity index (χ1) is 68.4. The van der Waals surface area contributed by atoms with E-state index in [1.807, 2.05) is 88.6 Å². The first-order valence-electron chi connectivity index (χ1n) is 45.4. The molecule has 4 atom stereocenters. The van der Waals surface area contributed by atoms with Gasteiger partial charge in [-0.3, -0.25) is 69.1 Å². The average molecular weight is 2290 g/mol. The number of alkyl halides is 1. The molecule has 0 spiro atoms. The molecular formula is C105H139Cl3F4KN15O21Sn. The summed E-state index contributed by atoms with van der Waals surface area (Å²) in [5, 5.41) is 83.4. The summed E-state index contributed by atoms with van der Waals surface area (Å²) in [4.78, 5) is 107. The van der Waals surface area contributed by atoms with E-state index in [4.69, 9.17) is 85.9 Å². The number of aryl methyl sites for hydroxylation is 6. The number of ether oxygens (including phenoxy) is 3. The Morgan fingerprint density at radius 1 is 0.433 bits per heavy atom. The third-order valence-electron chi connectivity index (χ3n) is 22.1. The van der Waals surface area contributed by atoms with Gasteiger partial charge in [0.05, 0.1) is 26.1 Å². The van der Waals surface area contributed by atoms with Crippen LogP contribution in [0.5, 0.6) is 34.5 Å². The average Bonchev–Trinajstić information content (AvgIpc) is 0.831. The van der Waals surface area contributed by atoms with E-state index in [0.717, 1.165) is 102 Å². The number of piperazine rings is 4. The molecule has 4 fully saturated rings. The number of aromatic hydroxyl groups is 3. The van der Waals surface area contributed by atoms with Gasteiger partial charge in [-0.15, -0.1) is 11.6 Å². The SMILES string of the molecule is C.C.C.CCO.C[C@@H]1CN(Cc2ccc(F)cc2)CCN1C(=O)CCl.Cc1ccc(O)c([N+](=O)[O-])c1.Cc1ccc(O)c([N+](=O)[O-])c1.Cc1ccc(O)cc1.Cc1ccc(OCC(=O)N2CCN(Cc3ccc(F)cc3)C[C@H]2C)c(N)c1.Cc1ccc(OCC(=O)N2CCN(Cc3ccc(F)cc3)C[C@H]2C)c(NC(N)=O)c1.Cc1ccc(OCC(=O)N2CCN(Cc3ccc(F)cc3)C[C@H]2C)c([N+](=O)[O-])c1.N#C[O-].O.O.[Cl][Sn][Cl].[K+]. The number of phenols is 3. The van der Waals surface area contributed by atoms with E-state index in [1.165, 1.54) is 90.5 Å². The van der Waals surface area contributed by atoms with Crippen LogP contribution in [-0.4, -0.2) is 269 Å². The standard InChI is InChI=1S/C22H27FN4O3.C21H24FN3O4.C21H26FN3O2.C14H18ClFN2O.2C7H7NO3.C7H8O.C2H6O.CHNO.3CH4.2ClH.K.2H2O.Sn/c1-15-3-8-20(19(11-15)25-22(24)29)30-14-21(28)27-10-9-26(12-16(27)2)13-17-4-6-18(23)7-5-17;1-15-3-8-20(19(11-15)25(27)28)29-14-21(26)24-10-9-23(12-16(24)2)13-17-4-6-18(22)7-5-17;1-15-3-8-20(19(23)11-15)27-14-21(26)25-10-9-24(12-16(25)2)13-17-4-6-18(22)7-5-17;1-11-9-17(6-7-18(11)14(19)8-15)10-12-2-4-13(16)5-3-12;2*1-5-2-3-7(9)6(4-5)8(10)11;1-6-2-4-7(8)5-3-6;1-2-3;2-1-3;;;;;;;;;/h3-8,11,16H,9-10,12-14H2,1-2H3,(H3,24,25,29);3-8,11,16H,9-10,12-14H2,1-2H3;3-8,11,16H,9-10,12-14,23H2,1-2H3;2-5,11H,6-10H2,1H3;2*2-4,9H,1H3;2-5,8H,1H3;3H,2H2,1H3;3H;3*1H4;2*1H;;2*1H2;/q;;;;;;;;;;;;;;+1;;;+2/p-3/t3*16-;11-;;;;;;;;;;;;;;/m1111............../s1. The molecule has 0 bridgehead atoms. The van der Waals surface area contributed by atoms with Gasteiger partial charge in [-0.05, 0) is 229 Å². The number of nitrogens with one attached hydrogen (secondary N) is 1. The molecule has 0 unspecified atom stereocenters. The van der Waals surface area contributed by atoms with Crippen molar-refractivity contribution in [3.05, 3.63) is 322 Å². The number of nitrogens with two attached hydrogens (primary N) is 2. The Morgan fingerprint density at radius 2 is 0.680 bits per heavy atom. The van der Waals surface area contributed by atoms with Gasteiger partial charge in [-0.2, -0.15) is 0 Å². The molecular weight excluding hydrogens is 2150 g/mol. The number of rotatable bonds is 22. The van der Waals surface area contributed by atoms with Crippen molar-refractivity contribution in [3.63, 3.8) is 0 Å². The van der Waals surface area contributed by atoms with Crippen LogP contribution >= 0.6 is 29.4 Å². The molecule has 0 aromatic heterocycles. The Morgan fingerprint density at radius 3 is 0.947 bits per heavy atom. The number of halogens is 7. The largest absolute Gasteiger partial charge is 1.00 e. The van der Waals surface area contributed by atoms with Crippen molar-refractivity contribution >= 4 is 106 Å². The van der Waals surface area contributed by atoms with E-state index in [-0.39, 0.29) is 222 Å². The number of carbonyl (C=O) groups is 5. The summed E-state index contributed by atoms with van der Waals surface area (Å²) >= 11 is 4.77. The summed E-state index contributed by atoms with van der Waals surface area (Å²) in [7, 11) is 9.87. The fourth-order valence-electron chi connectivity index (χ4n) is 15.1. The van der Waals surface area contributed by atoms with E-state index in [2.05, 4.69) is 24.9 Å². The number of aliphatic hydroxyl groups is 1. The predicted molar refractivity (Wildman–Crippen MR) is 572 cm³/mol. The van der Waals surface area contributed by atoms with Crippen LogP contribution in [0.1, 0.15) is 113 Å². The minimum Gasteiger partial charge on any atom is 1.00 e. The minimum atomic E-state index is -0.826. The van der Waals surface area contributed by atoms with Gasteiger partial charge < -0.3 is 87.1 Å².